The quantitative estimate of drug-likeness (QED) is 0.160. The lowest BCUT2D eigenvalue weighted by Gasteiger charge is -2.17. The van der Waals surface area contributed by atoms with Gasteiger partial charge in [-0.2, -0.15) is 0 Å². The second-order valence-corrected chi connectivity index (χ2v) is 6.73. The van der Waals surface area contributed by atoms with Crippen molar-refractivity contribution < 1.29 is 4.79 Å². The van der Waals surface area contributed by atoms with Crippen LogP contribution in [0.2, 0.25) is 0 Å². The smallest absolute Gasteiger partial charge is 0.299 e. The summed E-state index contributed by atoms with van der Waals surface area (Å²) in [6.07, 6.45) is 8.76. The van der Waals surface area contributed by atoms with Crippen LogP contribution >= 0.6 is 0 Å². The number of hydrogen-bond acceptors (Lipinski definition) is 0. The van der Waals surface area contributed by atoms with E-state index in [1.165, 1.54) is 27.8 Å². The molecule has 0 amide bonds. The van der Waals surface area contributed by atoms with E-state index in [0.717, 1.165) is 37.7 Å². The van der Waals surface area contributed by atoms with Gasteiger partial charge in [-0.3, -0.25) is 0 Å². The molecule has 2 nitrogen and oxygen atoms in total. The van der Waals surface area contributed by atoms with Crippen LogP contribution in [0.5, 0.6) is 0 Å². The zero-order valence-corrected chi connectivity index (χ0v) is 16.4. The minimum absolute atomic E-state index is 0.915. The van der Waals surface area contributed by atoms with Crippen molar-refractivity contribution in [2.24, 2.45) is 0 Å². The molecule has 0 aliphatic heterocycles. The Kier molecular flexibility index (Phi) is 8.26. The maximum atomic E-state index is 8.93. The van der Waals surface area contributed by atoms with Gasteiger partial charge in [0.2, 0.25) is 0 Å². The fraction of sp³-hybridized carbons (Fsp3) is 0.280. The van der Waals surface area contributed by atoms with E-state index in [2.05, 4.69) is 79.6 Å². The van der Waals surface area contributed by atoms with Crippen molar-refractivity contribution in [3.63, 3.8) is 0 Å². The summed E-state index contributed by atoms with van der Waals surface area (Å²) in [5, 5.41) is 0. The summed E-state index contributed by atoms with van der Waals surface area (Å²) in [7, 11) is 0. The Morgan fingerprint density at radius 1 is 1.19 bits per heavy atom. The van der Waals surface area contributed by atoms with Crippen LogP contribution in [0.15, 0.2) is 72.8 Å². The van der Waals surface area contributed by atoms with E-state index in [1.54, 1.807) is 0 Å². The van der Waals surface area contributed by atoms with Crippen molar-refractivity contribution in [1.29, 1.82) is 0 Å². The first-order valence-corrected chi connectivity index (χ1v) is 9.63. The molecule has 0 saturated carbocycles. The average molecular weight is 357 g/mol. The van der Waals surface area contributed by atoms with Gasteiger partial charge in [-0.1, -0.05) is 73.5 Å². The van der Waals surface area contributed by atoms with Crippen LogP contribution in [0.25, 0.3) is 11.1 Å². The minimum Gasteiger partial charge on any atom is -0.348 e. The molecule has 2 heteroatoms. The Balaban J connectivity index is 2.77. The predicted octanol–water partition coefficient (Wildman–Crippen LogP) is 6.56. The SMILES string of the molecule is C=CCCc1ccccc1C(=C(C=C=[N+]=[N-])CCCC)c1cccc(C)c1. The zero-order chi connectivity index (χ0) is 19.5. The van der Waals surface area contributed by atoms with Gasteiger partial charge in [0.1, 0.15) is 0 Å². The fourth-order valence-corrected chi connectivity index (χ4v) is 3.30. The number of unbranched alkanes of at least 4 members (excludes halogenated alkanes) is 1. The van der Waals surface area contributed by atoms with E-state index >= 15 is 0 Å². The number of rotatable bonds is 9. The Bertz CT molecular complexity index is 892. The third kappa shape index (κ3) is 5.79. The van der Waals surface area contributed by atoms with E-state index in [1.807, 2.05) is 12.2 Å². The van der Waals surface area contributed by atoms with Crippen LogP contribution in [-0.4, -0.2) is 10.7 Å². The van der Waals surface area contributed by atoms with E-state index < -0.39 is 0 Å². The largest absolute Gasteiger partial charge is 0.348 e. The van der Waals surface area contributed by atoms with Crippen LogP contribution < -0.4 is 0 Å². The highest BCUT2D eigenvalue weighted by Gasteiger charge is 2.14. The summed E-state index contributed by atoms with van der Waals surface area (Å²) in [6.45, 7) is 8.17. The Morgan fingerprint density at radius 3 is 2.70 bits per heavy atom. The Labute approximate surface area is 163 Å². The summed E-state index contributed by atoms with van der Waals surface area (Å²) < 4.78 is 0. The maximum Gasteiger partial charge on any atom is 0.299 e. The lowest BCUT2D eigenvalue weighted by molar-refractivity contribution is 0.00800. The van der Waals surface area contributed by atoms with Crippen molar-refractivity contribution in [2.45, 2.75) is 46.0 Å². The molecule has 0 saturated heterocycles. The van der Waals surface area contributed by atoms with E-state index in [-0.39, 0.29) is 0 Å². The molecule has 0 bridgehead atoms. The molecule has 0 N–H and O–H groups in total. The second-order valence-electron chi connectivity index (χ2n) is 6.73. The zero-order valence-electron chi connectivity index (χ0n) is 16.4. The van der Waals surface area contributed by atoms with Crippen molar-refractivity contribution in [1.82, 2.24) is 0 Å². The van der Waals surface area contributed by atoms with Crippen molar-refractivity contribution in [3.8, 4) is 0 Å². The molecule has 0 heterocycles. The maximum absolute atomic E-state index is 8.93. The van der Waals surface area contributed by atoms with Gasteiger partial charge in [0.15, 0.2) is 0 Å². The number of benzene rings is 2. The van der Waals surface area contributed by atoms with Gasteiger partial charge in [0.05, 0.1) is 6.08 Å². The fourth-order valence-electron chi connectivity index (χ4n) is 3.30. The normalized spacial score (nSPS) is 11.2. The molecule has 0 radical (unpaired) electrons. The molecule has 0 spiro atoms. The van der Waals surface area contributed by atoms with Gasteiger partial charge >= 0.3 is 0 Å². The van der Waals surface area contributed by atoms with Crippen LogP contribution in [0.4, 0.5) is 0 Å². The van der Waals surface area contributed by atoms with Crippen molar-refractivity contribution in [2.75, 3.05) is 0 Å². The average Bonchev–Trinajstić information content (AvgIpc) is 2.69. The van der Waals surface area contributed by atoms with E-state index in [9.17, 15) is 0 Å². The summed E-state index contributed by atoms with van der Waals surface area (Å²) in [5.41, 5.74) is 16.2. The highest BCUT2D eigenvalue weighted by atomic mass is 14.8. The molecule has 27 heavy (non-hydrogen) atoms. The predicted molar refractivity (Wildman–Crippen MR) is 115 cm³/mol. The van der Waals surface area contributed by atoms with Gasteiger partial charge in [0.25, 0.3) is 5.87 Å². The van der Waals surface area contributed by atoms with Crippen molar-refractivity contribution >= 4 is 11.4 Å². The molecule has 138 valence electrons. The lowest BCUT2D eigenvalue weighted by Crippen LogP contribution is -2.00. The minimum atomic E-state index is 0.915. The molecular weight excluding hydrogens is 328 g/mol. The molecule has 0 fully saturated rings. The van der Waals surface area contributed by atoms with Crippen LogP contribution in [0.1, 0.15) is 54.9 Å². The molecule has 0 aliphatic rings. The topological polar surface area (TPSA) is 36.4 Å². The number of hydrogen-bond donors (Lipinski definition) is 0. The lowest BCUT2D eigenvalue weighted by atomic mass is 9.86. The summed E-state index contributed by atoms with van der Waals surface area (Å²) >= 11 is 0. The molecule has 0 unspecified atom stereocenters. The molecule has 2 aromatic carbocycles. The standard InChI is InChI=1S/C25H28N2/c1-4-6-12-21-14-8-9-16-24(21)25(23-15-10-11-20(3)19-23)22(13-7-5-2)17-18-27-26/h4,8-11,14-17,19H,1,5-7,12-13H2,2-3H3. The monoisotopic (exact) mass is 356 g/mol. The summed E-state index contributed by atoms with van der Waals surface area (Å²) in [5.74, 6) is 2.64. The third-order valence-corrected chi connectivity index (χ3v) is 4.63. The first kappa shape index (κ1) is 20.4. The summed E-state index contributed by atoms with van der Waals surface area (Å²) in [4.78, 5) is 3.09. The Morgan fingerprint density at radius 2 is 2.00 bits per heavy atom. The second kappa shape index (κ2) is 10.9. The van der Waals surface area contributed by atoms with E-state index in [4.69, 9.17) is 5.53 Å². The first-order valence-electron chi connectivity index (χ1n) is 9.63. The van der Waals surface area contributed by atoms with Gasteiger partial charge in [-0.25, -0.2) is 0 Å². The molecule has 2 aromatic rings. The van der Waals surface area contributed by atoms with Crippen LogP contribution in [0, 0.1) is 6.92 Å². The van der Waals surface area contributed by atoms with Gasteiger partial charge < -0.3 is 5.53 Å². The first-order chi connectivity index (χ1) is 13.2. The van der Waals surface area contributed by atoms with Crippen LogP contribution in [0.3, 0.4) is 0 Å². The van der Waals surface area contributed by atoms with Gasteiger partial charge in [0, 0.05) is 0 Å². The Hall–Kier alpha value is -2.92. The number of aryl methyl sites for hydroxylation is 2. The van der Waals surface area contributed by atoms with Gasteiger partial charge in [-0.15, -0.1) is 11.4 Å². The number of allylic oxidation sites excluding steroid dienone is 3. The molecule has 0 atom stereocenters. The molecule has 2 rings (SSSR count). The third-order valence-electron chi connectivity index (χ3n) is 4.63. The molecule has 0 aliphatic carbocycles. The van der Waals surface area contributed by atoms with Crippen LogP contribution in [-0.2, 0) is 6.42 Å². The summed E-state index contributed by atoms with van der Waals surface area (Å²) in [6, 6.07) is 17.1. The van der Waals surface area contributed by atoms with Gasteiger partial charge in [-0.05, 0) is 60.4 Å². The highest BCUT2D eigenvalue weighted by Crippen LogP contribution is 2.33. The van der Waals surface area contributed by atoms with E-state index in [0.29, 0.717) is 0 Å². The highest BCUT2D eigenvalue weighted by molar-refractivity contribution is 5.86. The molecule has 0 aromatic heterocycles. The number of nitrogens with zero attached hydrogens (tertiary/aromatic N) is 2. The molecular formula is C25H28N2. The van der Waals surface area contributed by atoms with Crippen molar-refractivity contribution in [3.05, 3.63) is 101 Å².